The third-order valence-electron chi connectivity index (χ3n) is 5.03. The first-order valence-electron chi connectivity index (χ1n) is 10.0. The highest BCUT2D eigenvalue weighted by Gasteiger charge is 2.31. The maximum absolute atomic E-state index is 14.0. The van der Waals surface area contributed by atoms with Crippen LogP contribution in [0.15, 0.2) is 78.9 Å². The van der Waals surface area contributed by atoms with Gasteiger partial charge in [0.1, 0.15) is 11.5 Å². The Kier molecular flexibility index (Phi) is 10.2. The molecule has 1 aliphatic heterocycles. The molecule has 0 unspecified atom stereocenters. The minimum Gasteiger partial charge on any atom is -0.453 e. The van der Waals surface area contributed by atoms with Crippen molar-refractivity contribution in [1.82, 2.24) is 10.2 Å². The molecule has 0 amide bonds. The average molecular weight is 483 g/mol. The second kappa shape index (κ2) is 12.6. The van der Waals surface area contributed by atoms with Gasteiger partial charge in [-0.2, -0.15) is 0 Å². The van der Waals surface area contributed by atoms with Crippen LogP contribution in [0.4, 0.5) is 8.78 Å². The monoisotopic (exact) mass is 482 g/mol. The third kappa shape index (κ3) is 6.56. The molecule has 0 bridgehead atoms. The fourth-order valence-electron chi connectivity index (χ4n) is 3.58. The van der Waals surface area contributed by atoms with Gasteiger partial charge in [0.2, 0.25) is 0 Å². The summed E-state index contributed by atoms with van der Waals surface area (Å²) in [5.41, 5.74) is 0.512. The molecule has 0 spiro atoms. The molecule has 1 aliphatic rings. The molecule has 0 saturated carbocycles. The quantitative estimate of drug-likeness (QED) is 0.426. The van der Waals surface area contributed by atoms with Crippen molar-refractivity contribution in [2.45, 2.75) is 12.5 Å². The van der Waals surface area contributed by atoms with E-state index < -0.39 is 12.5 Å². The third-order valence-corrected chi connectivity index (χ3v) is 5.03. The van der Waals surface area contributed by atoms with Gasteiger partial charge in [-0.15, -0.1) is 24.8 Å². The zero-order chi connectivity index (χ0) is 20.8. The van der Waals surface area contributed by atoms with E-state index in [0.717, 1.165) is 0 Å². The summed E-state index contributed by atoms with van der Waals surface area (Å²) in [7, 11) is 0. The first-order chi connectivity index (χ1) is 14.7. The summed E-state index contributed by atoms with van der Waals surface area (Å²) in [6.07, 6.45) is -2.51. The normalized spacial score (nSPS) is 14.7. The molecule has 32 heavy (non-hydrogen) atoms. The highest BCUT2D eigenvalue weighted by atomic mass is 35.5. The molecule has 3 aromatic rings. The molecule has 1 fully saturated rings. The van der Waals surface area contributed by atoms with E-state index in [4.69, 9.17) is 9.47 Å². The number of nitrogens with one attached hydrogen (secondary N) is 1. The number of alkyl halides is 2. The van der Waals surface area contributed by atoms with Crippen molar-refractivity contribution in [2.24, 2.45) is 0 Å². The van der Waals surface area contributed by atoms with Gasteiger partial charge < -0.3 is 14.8 Å². The van der Waals surface area contributed by atoms with Crippen LogP contribution in [0, 0.1) is 0 Å². The zero-order valence-electron chi connectivity index (χ0n) is 17.3. The van der Waals surface area contributed by atoms with Gasteiger partial charge >= 0.3 is 0 Å². The Balaban J connectivity index is 0.00000181. The van der Waals surface area contributed by atoms with Gasteiger partial charge in [0.15, 0.2) is 11.5 Å². The van der Waals surface area contributed by atoms with Crippen LogP contribution >= 0.6 is 24.8 Å². The summed E-state index contributed by atoms with van der Waals surface area (Å²) in [6, 6.07) is 22.7. The molecule has 0 aliphatic carbocycles. The Morgan fingerprint density at radius 1 is 0.719 bits per heavy atom. The van der Waals surface area contributed by atoms with Gasteiger partial charge in [-0.3, -0.25) is 4.90 Å². The number of hydrogen-bond acceptors (Lipinski definition) is 4. The highest BCUT2D eigenvalue weighted by molar-refractivity contribution is 5.85. The van der Waals surface area contributed by atoms with Gasteiger partial charge in [0.25, 0.3) is 6.43 Å². The minimum absolute atomic E-state index is 0. The lowest BCUT2D eigenvalue weighted by atomic mass is 10.0. The van der Waals surface area contributed by atoms with E-state index in [1.807, 2.05) is 65.6 Å². The lowest BCUT2D eigenvalue weighted by Crippen LogP contribution is -2.46. The van der Waals surface area contributed by atoms with Gasteiger partial charge in [-0.1, -0.05) is 42.5 Å². The summed E-state index contributed by atoms with van der Waals surface area (Å²) in [4.78, 5) is 1.82. The first kappa shape index (κ1) is 25.9. The van der Waals surface area contributed by atoms with Gasteiger partial charge in [-0.25, -0.2) is 8.78 Å². The molecule has 4 nitrogen and oxygen atoms in total. The summed E-state index contributed by atoms with van der Waals surface area (Å²) in [5, 5.41) is 3.21. The predicted molar refractivity (Wildman–Crippen MR) is 127 cm³/mol. The van der Waals surface area contributed by atoms with Crippen molar-refractivity contribution in [3.05, 3.63) is 84.4 Å². The predicted octanol–water partition coefficient (Wildman–Crippen LogP) is 6.33. The van der Waals surface area contributed by atoms with E-state index in [1.165, 1.54) is 0 Å². The van der Waals surface area contributed by atoms with E-state index >= 15 is 0 Å². The highest BCUT2D eigenvalue weighted by Crippen LogP contribution is 2.39. The van der Waals surface area contributed by atoms with Gasteiger partial charge in [0, 0.05) is 26.2 Å². The molecule has 8 heteroatoms. The van der Waals surface area contributed by atoms with E-state index in [-0.39, 0.29) is 24.8 Å². The number of nitrogens with zero attached hydrogens (tertiary/aromatic N) is 1. The fraction of sp³-hybridized carbons (Fsp3) is 0.250. The largest absolute Gasteiger partial charge is 0.453 e. The minimum atomic E-state index is -2.51. The lowest BCUT2D eigenvalue weighted by Gasteiger charge is -2.34. The molecule has 4 rings (SSSR count). The topological polar surface area (TPSA) is 33.7 Å². The van der Waals surface area contributed by atoms with Gasteiger partial charge in [0.05, 0.1) is 6.04 Å². The second-order valence-corrected chi connectivity index (χ2v) is 7.10. The summed E-state index contributed by atoms with van der Waals surface area (Å²) in [5.74, 6) is 2.14. The number of piperazine rings is 1. The Labute approximate surface area is 199 Å². The van der Waals surface area contributed by atoms with E-state index in [0.29, 0.717) is 54.7 Å². The smallest absolute Gasteiger partial charge is 0.258 e. The van der Waals surface area contributed by atoms with Crippen molar-refractivity contribution in [3.8, 4) is 23.0 Å². The van der Waals surface area contributed by atoms with E-state index in [1.54, 1.807) is 18.2 Å². The summed E-state index contributed by atoms with van der Waals surface area (Å²) < 4.78 is 40.1. The molecule has 1 saturated heterocycles. The van der Waals surface area contributed by atoms with Gasteiger partial charge in [-0.05, 0) is 42.0 Å². The fourth-order valence-corrected chi connectivity index (χ4v) is 3.58. The summed E-state index contributed by atoms with van der Waals surface area (Å²) >= 11 is 0. The number of rotatable bonds is 7. The van der Waals surface area contributed by atoms with Crippen molar-refractivity contribution in [2.75, 3.05) is 26.2 Å². The molecular weight excluding hydrogens is 457 g/mol. The number of para-hydroxylation sites is 2. The van der Waals surface area contributed by atoms with Crippen LogP contribution in [0.1, 0.15) is 11.6 Å². The molecule has 1 heterocycles. The Morgan fingerprint density at radius 3 is 1.78 bits per heavy atom. The Bertz CT molecular complexity index is 943. The molecule has 0 radical (unpaired) electrons. The first-order valence-corrected chi connectivity index (χ1v) is 10.0. The molecular formula is C24H26Cl2F2N2O2. The number of halogens is 4. The van der Waals surface area contributed by atoms with Crippen molar-refractivity contribution in [3.63, 3.8) is 0 Å². The maximum Gasteiger partial charge on any atom is 0.258 e. The maximum atomic E-state index is 14.0. The molecule has 1 atom stereocenters. The molecule has 1 N–H and O–H groups in total. The standard InChI is InChI=1S/C24H24F2N2O2.2ClH/c25-24(26)23(28-15-13-27-14-16-28)18-11-12-21(29-19-7-3-1-4-8-19)22(17-18)30-20-9-5-2-6-10-20;;/h1-12,17,23-24,27H,13-16H2;2*1H/t23-;;/m0../s1. The zero-order valence-corrected chi connectivity index (χ0v) is 19.0. The van der Waals surface area contributed by atoms with Crippen molar-refractivity contribution >= 4 is 24.8 Å². The number of ether oxygens (including phenoxy) is 2. The Morgan fingerprint density at radius 2 is 1.25 bits per heavy atom. The van der Waals surface area contributed by atoms with Crippen molar-refractivity contribution < 1.29 is 18.3 Å². The van der Waals surface area contributed by atoms with Crippen LogP contribution in [-0.4, -0.2) is 37.5 Å². The SMILES string of the molecule is Cl.Cl.FC(F)[C@H](c1ccc(Oc2ccccc2)c(Oc2ccccc2)c1)N1CCNCC1. The molecule has 3 aromatic carbocycles. The van der Waals surface area contributed by atoms with Crippen LogP contribution in [0.2, 0.25) is 0 Å². The van der Waals surface area contributed by atoms with Crippen LogP contribution in [0.5, 0.6) is 23.0 Å². The molecule has 0 aromatic heterocycles. The van der Waals surface area contributed by atoms with Crippen LogP contribution < -0.4 is 14.8 Å². The lowest BCUT2D eigenvalue weighted by molar-refractivity contribution is 0.0181. The van der Waals surface area contributed by atoms with E-state index in [2.05, 4.69) is 5.32 Å². The summed E-state index contributed by atoms with van der Waals surface area (Å²) in [6.45, 7) is 2.55. The Hall–Kier alpha value is -2.38. The van der Waals surface area contributed by atoms with E-state index in [9.17, 15) is 8.78 Å². The molecule has 172 valence electrons. The van der Waals surface area contributed by atoms with Crippen molar-refractivity contribution in [1.29, 1.82) is 0 Å². The number of benzene rings is 3. The van der Waals surface area contributed by atoms with Crippen LogP contribution in [-0.2, 0) is 0 Å². The average Bonchev–Trinajstić information content (AvgIpc) is 2.77. The van der Waals surface area contributed by atoms with Crippen LogP contribution in [0.3, 0.4) is 0 Å². The number of hydrogen-bond donors (Lipinski definition) is 1. The van der Waals surface area contributed by atoms with Crippen LogP contribution in [0.25, 0.3) is 0 Å². The second-order valence-electron chi connectivity index (χ2n) is 7.10.